The van der Waals surface area contributed by atoms with Gasteiger partial charge in [-0.3, -0.25) is 9.59 Å². The third-order valence-electron chi connectivity index (χ3n) is 6.10. The lowest BCUT2D eigenvalue weighted by Gasteiger charge is -2.33. The molecule has 0 saturated heterocycles. The van der Waals surface area contributed by atoms with E-state index in [-0.39, 0.29) is 17.9 Å². The number of rotatable bonds is 8. The number of thiophene rings is 1. The van der Waals surface area contributed by atoms with Crippen LogP contribution in [0, 0.1) is 0 Å². The van der Waals surface area contributed by atoms with Gasteiger partial charge in [0.1, 0.15) is 6.04 Å². The van der Waals surface area contributed by atoms with E-state index in [2.05, 4.69) is 17.4 Å². The Morgan fingerprint density at radius 3 is 2.25 bits per heavy atom. The average molecular weight is 447 g/mol. The quantitative estimate of drug-likeness (QED) is 0.488. The van der Waals surface area contributed by atoms with Gasteiger partial charge in [0.2, 0.25) is 5.91 Å². The zero-order chi connectivity index (χ0) is 22.2. The van der Waals surface area contributed by atoms with E-state index in [1.807, 2.05) is 66.0 Å². The molecule has 5 heteroatoms. The zero-order valence-electron chi connectivity index (χ0n) is 18.3. The van der Waals surface area contributed by atoms with E-state index in [1.54, 1.807) is 4.90 Å². The van der Waals surface area contributed by atoms with Gasteiger partial charge >= 0.3 is 0 Å². The monoisotopic (exact) mass is 446 g/mol. The topological polar surface area (TPSA) is 49.4 Å². The summed E-state index contributed by atoms with van der Waals surface area (Å²) >= 11 is 1.42. The Kier molecular flexibility index (Phi) is 7.73. The van der Waals surface area contributed by atoms with Gasteiger partial charge in [-0.1, -0.05) is 86.0 Å². The molecule has 166 valence electrons. The molecule has 0 aliphatic heterocycles. The van der Waals surface area contributed by atoms with Crippen molar-refractivity contribution in [2.24, 2.45) is 0 Å². The Morgan fingerprint density at radius 1 is 0.906 bits per heavy atom. The minimum absolute atomic E-state index is 0.0823. The van der Waals surface area contributed by atoms with Crippen LogP contribution in [0.15, 0.2) is 78.2 Å². The third kappa shape index (κ3) is 5.65. The minimum atomic E-state index is -0.656. The van der Waals surface area contributed by atoms with Crippen LogP contribution in [0.3, 0.4) is 0 Å². The molecule has 1 N–H and O–H groups in total. The fourth-order valence-corrected chi connectivity index (χ4v) is 5.10. The van der Waals surface area contributed by atoms with E-state index >= 15 is 0 Å². The first-order chi connectivity index (χ1) is 15.7. The van der Waals surface area contributed by atoms with Crippen molar-refractivity contribution in [1.82, 2.24) is 10.2 Å². The predicted octanol–water partition coefficient (Wildman–Crippen LogP) is 5.62. The highest BCUT2D eigenvalue weighted by Gasteiger charge is 2.33. The van der Waals surface area contributed by atoms with Crippen molar-refractivity contribution >= 4 is 23.2 Å². The van der Waals surface area contributed by atoms with Crippen LogP contribution in [-0.4, -0.2) is 29.3 Å². The van der Waals surface area contributed by atoms with Crippen molar-refractivity contribution in [3.05, 3.63) is 94.2 Å². The van der Waals surface area contributed by atoms with E-state index in [0.29, 0.717) is 17.8 Å². The Balaban J connectivity index is 1.64. The molecule has 1 fully saturated rings. The summed E-state index contributed by atoms with van der Waals surface area (Å²) in [7, 11) is 0. The molecule has 2 amide bonds. The van der Waals surface area contributed by atoms with Crippen molar-refractivity contribution in [2.45, 2.75) is 50.6 Å². The van der Waals surface area contributed by atoms with Crippen LogP contribution in [-0.2, 0) is 11.2 Å². The molecule has 0 bridgehead atoms. The standard InChI is InChI=1S/C27H30N2O2S/c30-26(28-23-15-8-3-9-16-23)25(22-13-6-2-7-14-22)29(27(31)24-17-10-20-32-24)19-18-21-11-4-1-5-12-21/h1-2,4-7,10-14,17,20,23,25H,3,8-9,15-16,18-19H2,(H,28,30)/t25-/m0/s1. The molecule has 1 heterocycles. The molecular formula is C27H30N2O2S. The zero-order valence-corrected chi connectivity index (χ0v) is 19.1. The second-order valence-electron chi connectivity index (χ2n) is 8.37. The van der Waals surface area contributed by atoms with Crippen molar-refractivity contribution in [3.63, 3.8) is 0 Å². The van der Waals surface area contributed by atoms with Gasteiger partial charge in [-0.2, -0.15) is 0 Å². The molecular weight excluding hydrogens is 416 g/mol. The van der Waals surface area contributed by atoms with Gasteiger partial charge in [0.25, 0.3) is 5.91 Å². The van der Waals surface area contributed by atoms with Gasteiger partial charge in [0, 0.05) is 12.6 Å². The second-order valence-corrected chi connectivity index (χ2v) is 9.32. The van der Waals surface area contributed by atoms with Gasteiger partial charge in [-0.05, 0) is 41.8 Å². The highest BCUT2D eigenvalue weighted by molar-refractivity contribution is 7.12. The maximum absolute atomic E-state index is 13.6. The number of hydrogen-bond donors (Lipinski definition) is 1. The van der Waals surface area contributed by atoms with Gasteiger partial charge in [0.05, 0.1) is 4.88 Å². The van der Waals surface area contributed by atoms with Crippen LogP contribution in [0.25, 0.3) is 0 Å². The Morgan fingerprint density at radius 2 is 1.59 bits per heavy atom. The smallest absolute Gasteiger partial charge is 0.264 e. The molecule has 0 radical (unpaired) electrons. The normalized spacial score (nSPS) is 15.1. The highest BCUT2D eigenvalue weighted by Crippen LogP contribution is 2.27. The summed E-state index contributed by atoms with van der Waals surface area (Å²) in [5.74, 6) is -0.176. The summed E-state index contributed by atoms with van der Waals surface area (Å²) in [5, 5.41) is 5.17. The molecule has 0 unspecified atom stereocenters. The molecule has 0 spiro atoms. The van der Waals surface area contributed by atoms with Crippen molar-refractivity contribution in [3.8, 4) is 0 Å². The first-order valence-electron chi connectivity index (χ1n) is 11.5. The van der Waals surface area contributed by atoms with Crippen LogP contribution in [0.1, 0.15) is 58.9 Å². The summed E-state index contributed by atoms with van der Waals surface area (Å²) in [6, 6.07) is 23.1. The number of benzene rings is 2. The molecule has 1 aliphatic carbocycles. The van der Waals surface area contributed by atoms with Gasteiger partial charge in [-0.15, -0.1) is 11.3 Å². The maximum atomic E-state index is 13.6. The number of nitrogens with one attached hydrogen (secondary N) is 1. The lowest BCUT2D eigenvalue weighted by molar-refractivity contribution is -0.126. The third-order valence-corrected chi connectivity index (χ3v) is 6.96. The summed E-state index contributed by atoms with van der Waals surface area (Å²) in [6.45, 7) is 0.471. The Hall–Kier alpha value is -2.92. The van der Waals surface area contributed by atoms with E-state index in [9.17, 15) is 9.59 Å². The Labute approximate surface area is 194 Å². The molecule has 32 heavy (non-hydrogen) atoms. The molecule has 2 aromatic carbocycles. The summed E-state index contributed by atoms with van der Waals surface area (Å²) < 4.78 is 0. The Bertz CT molecular complexity index is 983. The van der Waals surface area contributed by atoms with Crippen LogP contribution in [0.4, 0.5) is 0 Å². The molecule has 1 aliphatic rings. The van der Waals surface area contributed by atoms with E-state index in [4.69, 9.17) is 0 Å². The van der Waals surface area contributed by atoms with E-state index < -0.39 is 6.04 Å². The van der Waals surface area contributed by atoms with Crippen molar-refractivity contribution < 1.29 is 9.59 Å². The SMILES string of the molecule is O=C(NC1CCCCC1)[C@H](c1ccccc1)N(CCc1ccccc1)C(=O)c1cccs1. The minimum Gasteiger partial charge on any atom is -0.351 e. The first kappa shape index (κ1) is 22.3. The van der Waals surface area contributed by atoms with Crippen LogP contribution >= 0.6 is 11.3 Å². The lowest BCUT2D eigenvalue weighted by Crippen LogP contribution is -2.47. The molecule has 1 aromatic heterocycles. The lowest BCUT2D eigenvalue weighted by atomic mass is 9.94. The number of carbonyl (C=O) groups excluding carboxylic acids is 2. The molecule has 4 nitrogen and oxygen atoms in total. The number of nitrogens with zero attached hydrogens (tertiary/aromatic N) is 1. The average Bonchev–Trinajstić information content (AvgIpc) is 3.38. The van der Waals surface area contributed by atoms with Crippen LogP contribution < -0.4 is 5.32 Å². The predicted molar refractivity (Wildman–Crippen MR) is 130 cm³/mol. The maximum Gasteiger partial charge on any atom is 0.264 e. The molecule has 1 saturated carbocycles. The van der Waals surface area contributed by atoms with Crippen molar-refractivity contribution in [2.75, 3.05) is 6.54 Å². The van der Waals surface area contributed by atoms with Gasteiger partial charge in [-0.25, -0.2) is 0 Å². The summed E-state index contributed by atoms with van der Waals surface area (Å²) in [6.07, 6.45) is 6.23. The largest absolute Gasteiger partial charge is 0.351 e. The fourth-order valence-electron chi connectivity index (χ4n) is 4.42. The van der Waals surface area contributed by atoms with Crippen LogP contribution in [0.2, 0.25) is 0 Å². The fraction of sp³-hybridized carbons (Fsp3) is 0.333. The molecule has 4 rings (SSSR count). The first-order valence-corrected chi connectivity index (χ1v) is 12.3. The number of hydrogen-bond acceptors (Lipinski definition) is 3. The summed E-state index contributed by atoms with van der Waals surface area (Å²) in [4.78, 5) is 29.6. The van der Waals surface area contributed by atoms with Crippen LogP contribution in [0.5, 0.6) is 0 Å². The van der Waals surface area contributed by atoms with E-state index in [1.165, 1.54) is 17.8 Å². The number of amides is 2. The second kappa shape index (κ2) is 11.1. The van der Waals surface area contributed by atoms with Gasteiger partial charge in [0.15, 0.2) is 0 Å². The number of carbonyl (C=O) groups is 2. The molecule has 1 atom stereocenters. The highest BCUT2D eigenvalue weighted by atomic mass is 32.1. The molecule has 3 aromatic rings. The summed E-state index contributed by atoms with van der Waals surface area (Å²) in [5.41, 5.74) is 2.00. The van der Waals surface area contributed by atoms with Gasteiger partial charge < -0.3 is 10.2 Å². The van der Waals surface area contributed by atoms with E-state index in [0.717, 1.165) is 36.8 Å². The van der Waals surface area contributed by atoms with Crippen molar-refractivity contribution in [1.29, 1.82) is 0 Å².